The second kappa shape index (κ2) is 8.39. The average Bonchev–Trinajstić information content (AvgIpc) is 2.68. The van der Waals surface area contributed by atoms with Gasteiger partial charge in [-0.3, -0.25) is 4.98 Å². The number of aromatic nitrogens is 4. The molecule has 0 aliphatic rings. The molecule has 0 atom stereocenters. The molecule has 0 bridgehead atoms. The molecule has 3 aromatic heterocycles. The smallest absolute Gasteiger partial charge is 0.368 e. The van der Waals surface area contributed by atoms with Crippen LogP contribution >= 0.6 is 11.6 Å². The van der Waals surface area contributed by atoms with Crippen LogP contribution in [0.1, 0.15) is 11.4 Å². The molecular formula is C18H16ClF3N6. The van der Waals surface area contributed by atoms with Crippen molar-refractivity contribution in [1.82, 2.24) is 19.9 Å². The van der Waals surface area contributed by atoms with Crippen LogP contribution in [0.2, 0.25) is 5.02 Å². The fraction of sp³-hybridized carbons (Fsp3) is 0.222. The van der Waals surface area contributed by atoms with Gasteiger partial charge in [0.15, 0.2) is 5.82 Å². The van der Waals surface area contributed by atoms with E-state index in [1.54, 1.807) is 31.5 Å². The van der Waals surface area contributed by atoms with Crippen molar-refractivity contribution in [2.75, 3.05) is 23.7 Å². The van der Waals surface area contributed by atoms with Gasteiger partial charge >= 0.3 is 6.18 Å². The molecule has 0 saturated carbocycles. The number of pyridine rings is 2. The first kappa shape index (κ1) is 19.8. The molecule has 0 saturated heterocycles. The Bertz CT molecular complexity index is 950. The highest BCUT2D eigenvalue weighted by Gasteiger charge is 2.32. The Labute approximate surface area is 164 Å². The van der Waals surface area contributed by atoms with Crippen LogP contribution in [-0.4, -0.2) is 33.0 Å². The molecule has 0 aliphatic carbocycles. The number of hydrogen-bond acceptors (Lipinski definition) is 6. The lowest BCUT2D eigenvalue weighted by Crippen LogP contribution is -2.17. The predicted molar refractivity (Wildman–Crippen MR) is 101 cm³/mol. The molecule has 0 aliphatic heterocycles. The minimum Gasteiger partial charge on any atom is -0.368 e. The van der Waals surface area contributed by atoms with Gasteiger partial charge in [-0.15, -0.1) is 0 Å². The highest BCUT2D eigenvalue weighted by atomic mass is 35.5. The number of hydrogen-bond donors (Lipinski definition) is 2. The van der Waals surface area contributed by atoms with Crippen molar-refractivity contribution < 1.29 is 13.2 Å². The first-order chi connectivity index (χ1) is 13.3. The van der Waals surface area contributed by atoms with Gasteiger partial charge in [0.05, 0.1) is 5.69 Å². The SMILES string of the molecule is Cc1nc(-c2ccncc2)nc(NCCNc2cccc(C(F)(F)F)n2)c1Cl. The van der Waals surface area contributed by atoms with Crippen molar-refractivity contribution in [2.45, 2.75) is 13.1 Å². The molecule has 146 valence electrons. The zero-order valence-electron chi connectivity index (χ0n) is 14.8. The van der Waals surface area contributed by atoms with Crippen LogP contribution in [0.3, 0.4) is 0 Å². The molecule has 3 rings (SSSR count). The molecular weight excluding hydrogens is 393 g/mol. The van der Waals surface area contributed by atoms with Crippen LogP contribution in [0.15, 0.2) is 42.7 Å². The van der Waals surface area contributed by atoms with Gasteiger partial charge in [-0.25, -0.2) is 15.0 Å². The Hall–Kier alpha value is -2.94. The molecule has 28 heavy (non-hydrogen) atoms. The molecule has 3 aromatic rings. The van der Waals surface area contributed by atoms with Crippen LogP contribution in [0.4, 0.5) is 24.8 Å². The van der Waals surface area contributed by atoms with Gasteiger partial charge in [-0.05, 0) is 31.2 Å². The highest BCUT2D eigenvalue weighted by Crippen LogP contribution is 2.28. The van der Waals surface area contributed by atoms with E-state index in [9.17, 15) is 13.2 Å². The van der Waals surface area contributed by atoms with E-state index in [1.807, 2.05) is 0 Å². The van der Waals surface area contributed by atoms with Crippen molar-refractivity contribution in [3.05, 3.63) is 59.1 Å². The fourth-order valence-corrected chi connectivity index (χ4v) is 2.52. The van der Waals surface area contributed by atoms with Gasteiger partial charge in [-0.2, -0.15) is 13.2 Å². The highest BCUT2D eigenvalue weighted by molar-refractivity contribution is 6.33. The van der Waals surface area contributed by atoms with Crippen molar-refractivity contribution in [1.29, 1.82) is 0 Å². The molecule has 0 radical (unpaired) electrons. The monoisotopic (exact) mass is 408 g/mol. The summed E-state index contributed by atoms with van der Waals surface area (Å²) in [6.45, 7) is 2.45. The van der Waals surface area contributed by atoms with E-state index in [2.05, 4.69) is 30.6 Å². The molecule has 0 unspecified atom stereocenters. The third-order valence-corrected chi connectivity index (χ3v) is 4.17. The van der Waals surface area contributed by atoms with E-state index in [0.29, 0.717) is 35.4 Å². The summed E-state index contributed by atoms with van der Waals surface area (Å²) < 4.78 is 38.1. The summed E-state index contributed by atoms with van der Waals surface area (Å²) in [6.07, 6.45) is -1.20. The molecule has 3 heterocycles. The Morgan fingerprint density at radius 1 is 0.964 bits per heavy atom. The normalized spacial score (nSPS) is 11.3. The van der Waals surface area contributed by atoms with E-state index in [1.165, 1.54) is 12.1 Å². The van der Waals surface area contributed by atoms with Gasteiger partial charge in [0.25, 0.3) is 0 Å². The Kier molecular flexibility index (Phi) is 5.93. The minimum absolute atomic E-state index is 0.138. The maximum Gasteiger partial charge on any atom is 0.433 e. The minimum atomic E-state index is -4.48. The van der Waals surface area contributed by atoms with E-state index in [4.69, 9.17) is 11.6 Å². The van der Waals surface area contributed by atoms with E-state index >= 15 is 0 Å². The van der Waals surface area contributed by atoms with Crippen LogP contribution < -0.4 is 10.6 Å². The van der Waals surface area contributed by atoms with Crippen molar-refractivity contribution in [3.63, 3.8) is 0 Å². The number of nitrogens with zero attached hydrogens (tertiary/aromatic N) is 4. The lowest BCUT2D eigenvalue weighted by Gasteiger charge is -2.12. The summed E-state index contributed by atoms with van der Waals surface area (Å²) in [7, 11) is 0. The zero-order chi connectivity index (χ0) is 20.1. The number of anilines is 2. The number of alkyl halides is 3. The Balaban J connectivity index is 1.64. The van der Waals surface area contributed by atoms with Crippen LogP contribution in [0.25, 0.3) is 11.4 Å². The largest absolute Gasteiger partial charge is 0.433 e. The van der Waals surface area contributed by atoms with Gasteiger partial charge < -0.3 is 10.6 Å². The second-order valence-corrected chi connectivity index (χ2v) is 6.17. The maximum atomic E-state index is 12.7. The van der Waals surface area contributed by atoms with Gasteiger partial charge in [0.1, 0.15) is 22.4 Å². The van der Waals surface area contributed by atoms with E-state index in [-0.39, 0.29) is 5.82 Å². The van der Waals surface area contributed by atoms with Crippen molar-refractivity contribution in [2.24, 2.45) is 0 Å². The van der Waals surface area contributed by atoms with Crippen LogP contribution in [0.5, 0.6) is 0 Å². The van der Waals surface area contributed by atoms with Crippen molar-refractivity contribution >= 4 is 23.2 Å². The van der Waals surface area contributed by atoms with Gasteiger partial charge in [-0.1, -0.05) is 17.7 Å². The van der Waals surface area contributed by atoms with Gasteiger partial charge in [0.2, 0.25) is 0 Å². The lowest BCUT2D eigenvalue weighted by atomic mass is 10.2. The standard InChI is InChI=1S/C18H16ClF3N6/c1-11-15(19)17(28-16(26-11)12-5-7-23-8-6-12)25-10-9-24-14-4-2-3-13(27-14)18(20,21)22/h2-8H,9-10H2,1H3,(H,24,27)(H,25,26,28). The van der Waals surface area contributed by atoms with Crippen LogP contribution in [-0.2, 0) is 6.18 Å². The van der Waals surface area contributed by atoms with E-state index < -0.39 is 11.9 Å². The summed E-state index contributed by atoms with van der Waals surface area (Å²) >= 11 is 6.26. The molecule has 0 spiro atoms. The summed E-state index contributed by atoms with van der Waals surface area (Å²) in [5.74, 6) is 1.08. The van der Waals surface area contributed by atoms with E-state index in [0.717, 1.165) is 11.6 Å². The third-order valence-electron chi connectivity index (χ3n) is 3.72. The molecule has 2 N–H and O–H groups in total. The third kappa shape index (κ3) is 4.86. The average molecular weight is 409 g/mol. The Morgan fingerprint density at radius 2 is 1.68 bits per heavy atom. The predicted octanol–water partition coefficient (Wildman–Crippen LogP) is 4.44. The number of rotatable bonds is 6. The van der Waals surface area contributed by atoms with Gasteiger partial charge in [0, 0.05) is 31.0 Å². The summed E-state index contributed by atoms with van der Waals surface area (Å²) in [6, 6.07) is 7.27. The Morgan fingerprint density at radius 3 is 2.39 bits per heavy atom. The number of aryl methyl sites for hydroxylation is 1. The summed E-state index contributed by atoms with van der Waals surface area (Å²) in [5, 5.41) is 6.29. The first-order valence-corrected chi connectivity index (χ1v) is 8.69. The second-order valence-electron chi connectivity index (χ2n) is 5.79. The van der Waals surface area contributed by atoms with Crippen molar-refractivity contribution in [3.8, 4) is 11.4 Å². The fourth-order valence-electron chi connectivity index (χ4n) is 2.37. The van der Waals surface area contributed by atoms with Crippen LogP contribution in [0, 0.1) is 6.92 Å². The molecule has 10 heteroatoms. The number of nitrogens with one attached hydrogen (secondary N) is 2. The molecule has 0 fully saturated rings. The maximum absolute atomic E-state index is 12.7. The summed E-state index contributed by atoms with van der Waals surface area (Å²) in [4.78, 5) is 16.3. The topological polar surface area (TPSA) is 75.6 Å². The molecule has 0 amide bonds. The quantitative estimate of drug-likeness (QED) is 0.587. The molecule has 0 aromatic carbocycles. The number of halogens is 4. The zero-order valence-corrected chi connectivity index (χ0v) is 15.5. The molecule has 6 nitrogen and oxygen atoms in total. The summed E-state index contributed by atoms with van der Waals surface area (Å²) in [5.41, 5.74) is 0.463. The first-order valence-electron chi connectivity index (χ1n) is 8.31. The lowest BCUT2D eigenvalue weighted by molar-refractivity contribution is -0.141.